The average molecular weight is 398 g/mol. The predicted octanol–water partition coefficient (Wildman–Crippen LogP) is 4.58. The van der Waals surface area contributed by atoms with Gasteiger partial charge in [-0.05, 0) is 19.2 Å². The number of aromatic nitrogens is 2. The summed E-state index contributed by atoms with van der Waals surface area (Å²) in [6.45, 7) is 3.43. The van der Waals surface area contributed by atoms with E-state index in [9.17, 15) is 13.2 Å². The second-order valence-corrected chi connectivity index (χ2v) is 7.17. The lowest BCUT2D eigenvalue weighted by Crippen LogP contribution is -2.44. The molecule has 0 saturated carbocycles. The second kappa shape index (κ2) is 7.83. The van der Waals surface area contributed by atoms with Gasteiger partial charge in [-0.25, -0.2) is 9.97 Å². The molecule has 4 nitrogen and oxygen atoms in total. The summed E-state index contributed by atoms with van der Waals surface area (Å²) in [6, 6.07) is 16.6. The number of piperazine rings is 1. The molecule has 7 heteroatoms. The van der Waals surface area contributed by atoms with Gasteiger partial charge in [-0.1, -0.05) is 42.5 Å². The molecule has 150 valence electrons. The van der Waals surface area contributed by atoms with Gasteiger partial charge in [0.2, 0.25) is 0 Å². The van der Waals surface area contributed by atoms with E-state index in [1.807, 2.05) is 30.3 Å². The van der Waals surface area contributed by atoms with Crippen LogP contribution in [0, 0.1) is 0 Å². The van der Waals surface area contributed by atoms with Crippen molar-refractivity contribution in [1.29, 1.82) is 0 Å². The van der Waals surface area contributed by atoms with E-state index in [4.69, 9.17) is 4.98 Å². The number of hydrogen-bond donors (Lipinski definition) is 0. The molecule has 0 spiro atoms. The van der Waals surface area contributed by atoms with Gasteiger partial charge in [0.15, 0.2) is 5.82 Å². The van der Waals surface area contributed by atoms with Crippen LogP contribution in [0.5, 0.6) is 0 Å². The third kappa shape index (κ3) is 4.40. The summed E-state index contributed by atoms with van der Waals surface area (Å²) in [4.78, 5) is 13.7. The van der Waals surface area contributed by atoms with Gasteiger partial charge < -0.3 is 9.80 Å². The van der Waals surface area contributed by atoms with E-state index >= 15 is 0 Å². The van der Waals surface area contributed by atoms with Crippen molar-refractivity contribution in [2.24, 2.45) is 0 Å². The molecule has 4 rings (SSSR count). The standard InChI is InChI=1S/C22H21F3N4/c1-28-10-12-29(13-11-28)20-15-19(17-8-5-9-18(14-17)22(23,24)25)26-21(27-20)16-6-3-2-4-7-16/h2-9,14-15H,10-13H2,1H3. The molecule has 0 N–H and O–H groups in total. The molecule has 2 aromatic carbocycles. The fourth-order valence-corrected chi connectivity index (χ4v) is 3.35. The summed E-state index contributed by atoms with van der Waals surface area (Å²) < 4.78 is 39.6. The molecule has 3 aromatic rings. The molecule has 0 atom stereocenters. The highest BCUT2D eigenvalue weighted by Crippen LogP contribution is 2.33. The molecule has 1 aliphatic rings. The lowest BCUT2D eigenvalue weighted by atomic mass is 10.1. The van der Waals surface area contributed by atoms with E-state index < -0.39 is 11.7 Å². The van der Waals surface area contributed by atoms with Gasteiger partial charge in [0.1, 0.15) is 5.82 Å². The van der Waals surface area contributed by atoms with Gasteiger partial charge >= 0.3 is 6.18 Å². The molecule has 1 fully saturated rings. The number of likely N-dealkylation sites (N-methyl/N-ethyl adjacent to an activating group) is 1. The first kappa shape index (κ1) is 19.4. The highest BCUT2D eigenvalue weighted by atomic mass is 19.4. The zero-order chi connectivity index (χ0) is 20.4. The highest BCUT2D eigenvalue weighted by Gasteiger charge is 2.30. The minimum atomic E-state index is -4.40. The van der Waals surface area contributed by atoms with Crippen LogP contribution in [0.3, 0.4) is 0 Å². The van der Waals surface area contributed by atoms with Crippen LogP contribution in [0.1, 0.15) is 5.56 Å². The minimum absolute atomic E-state index is 0.426. The van der Waals surface area contributed by atoms with Crippen LogP contribution in [0.15, 0.2) is 60.7 Å². The molecular formula is C22H21F3N4. The molecule has 0 unspecified atom stereocenters. The Morgan fingerprint density at radius 3 is 2.17 bits per heavy atom. The number of benzene rings is 2. The lowest BCUT2D eigenvalue weighted by Gasteiger charge is -2.33. The first-order chi connectivity index (χ1) is 13.9. The van der Waals surface area contributed by atoms with Crippen LogP contribution in [0.4, 0.5) is 19.0 Å². The van der Waals surface area contributed by atoms with Crippen LogP contribution in [0.2, 0.25) is 0 Å². The number of rotatable bonds is 3. The number of alkyl halides is 3. The Kier molecular flexibility index (Phi) is 5.24. The Labute approximate surface area is 167 Å². The van der Waals surface area contributed by atoms with Gasteiger partial charge in [-0.15, -0.1) is 0 Å². The predicted molar refractivity (Wildman–Crippen MR) is 108 cm³/mol. The Hall–Kier alpha value is -2.93. The quantitative estimate of drug-likeness (QED) is 0.646. The van der Waals surface area contributed by atoms with Gasteiger partial charge in [0.25, 0.3) is 0 Å². The zero-order valence-corrected chi connectivity index (χ0v) is 16.0. The molecule has 2 heterocycles. The highest BCUT2D eigenvalue weighted by molar-refractivity contribution is 5.68. The lowest BCUT2D eigenvalue weighted by molar-refractivity contribution is -0.137. The summed E-state index contributed by atoms with van der Waals surface area (Å²) in [5.41, 5.74) is 1.06. The largest absolute Gasteiger partial charge is 0.416 e. The molecule has 0 aliphatic carbocycles. The summed E-state index contributed by atoms with van der Waals surface area (Å²) in [5.74, 6) is 1.24. The Bertz CT molecular complexity index is 981. The Morgan fingerprint density at radius 1 is 0.793 bits per heavy atom. The summed E-state index contributed by atoms with van der Waals surface area (Å²) in [7, 11) is 2.07. The van der Waals surface area contributed by atoms with E-state index in [2.05, 4.69) is 21.8 Å². The third-order valence-electron chi connectivity index (χ3n) is 5.06. The van der Waals surface area contributed by atoms with Crippen LogP contribution >= 0.6 is 0 Å². The smallest absolute Gasteiger partial charge is 0.354 e. The number of halogens is 3. The topological polar surface area (TPSA) is 32.3 Å². The molecule has 0 amide bonds. The first-order valence-electron chi connectivity index (χ1n) is 9.46. The summed E-state index contributed by atoms with van der Waals surface area (Å²) in [5, 5.41) is 0. The second-order valence-electron chi connectivity index (χ2n) is 7.17. The zero-order valence-electron chi connectivity index (χ0n) is 16.0. The van der Waals surface area contributed by atoms with E-state index in [1.165, 1.54) is 6.07 Å². The monoisotopic (exact) mass is 398 g/mol. The molecular weight excluding hydrogens is 377 g/mol. The molecule has 1 aromatic heterocycles. The van der Waals surface area contributed by atoms with Crippen LogP contribution in [0.25, 0.3) is 22.6 Å². The van der Waals surface area contributed by atoms with Crippen molar-refractivity contribution in [3.8, 4) is 22.6 Å². The molecule has 0 bridgehead atoms. The van der Waals surface area contributed by atoms with Crippen molar-refractivity contribution in [2.45, 2.75) is 6.18 Å². The third-order valence-corrected chi connectivity index (χ3v) is 5.06. The van der Waals surface area contributed by atoms with E-state index in [0.29, 0.717) is 17.1 Å². The molecule has 1 saturated heterocycles. The number of nitrogens with zero attached hydrogens (tertiary/aromatic N) is 4. The van der Waals surface area contributed by atoms with Crippen LogP contribution < -0.4 is 4.90 Å². The number of hydrogen-bond acceptors (Lipinski definition) is 4. The van der Waals surface area contributed by atoms with Gasteiger partial charge in [-0.2, -0.15) is 13.2 Å². The summed E-state index contributed by atoms with van der Waals surface area (Å²) >= 11 is 0. The van der Waals surface area contributed by atoms with Crippen molar-refractivity contribution in [3.63, 3.8) is 0 Å². The minimum Gasteiger partial charge on any atom is -0.354 e. The van der Waals surface area contributed by atoms with Gasteiger partial charge in [0.05, 0.1) is 11.3 Å². The SMILES string of the molecule is CN1CCN(c2cc(-c3cccc(C(F)(F)F)c3)nc(-c3ccccc3)n2)CC1. The normalized spacial score (nSPS) is 15.5. The van der Waals surface area contributed by atoms with Crippen molar-refractivity contribution < 1.29 is 13.2 Å². The van der Waals surface area contributed by atoms with E-state index in [1.54, 1.807) is 12.1 Å². The van der Waals surface area contributed by atoms with Gasteiger partial charge in [-0.3, -0.25) is 0 Å². The van der Waals surface area contributed by atoms with Crippen LogP contribution in [-0.2, 0) is 6.18 Å². The Balaban J connectivity index is 1.80. The number of anilines is 1. The van der Waals surface area contributed by atoms with Crippen molar-refractivity contribution >= 4 is 5.82 Å². The maximum atomic E-state index is 13.2. The average Bonchev–Trinajstić information content (AvgIpc) is 2.74. The maximum absolute atomic E-state index is 13.2. The van der Waals surface area contributed by atoms with Crippen LogP contribution in [-0.4, -0.2) is 48.1 Å². The van der Waals surface area contributed by atoms with E-state index in [-0.39, 0.29) is 0 Å². The maximum Gasteiger partial charge on any atom is 0.416 e. The van der Waals surface area contributed by atoms with Crippen molar-refractivity contribution in [2.75, 3.05) is 38.1 Å². The van der Waals surface area contributed by atoms with Crippen molar-refractivity contribution in [1.82, 2.24) is 14.9 Å². The molecule has 1 aliphatic heterocycles. The van der Waals surface area contributed by atoms with Crippen molar-refractivity contribution in [3.05, 3.63) is 66.2 Å². The molecule has 29 heavy (non-hydrogen) atoms. The first-order valence-corrected chi connectivity index (χ1v) is 9.46. The fraction of sp³-hybridized carbons (Fsp3) is 0.273. The molecule has 0 radical (unpaired) electrons. The van der Waals surface area contributed by atoms with E-state index in [0.717, 1.165) is 49.7 Å². The fourth-order valence-electron chi connectivity index (χ4n) is 3.35. The Morgan fingerprint density at radius 2 is 1.48 bits per heavy atom. The summed E-state index contributed by atoms with van der Waals surface area (Å²) in [6.07, 6.45) is -4.40. The van der Waals surface area contributed by atoms with Gasteiger partial charge in [0, 0.05) is 43.4 Å².